The first-order valence-corrected chi connectivity index (χ1v) is 13.0. The van der Waals surface area contributed by atoms with Gasteiger partial charge in [0.25, 0.3) is 0 Å². The van der Waals surface area contributed by atoms with Gasteiger partial charge in [0.15, 0.2) is 0 Å². The lowest BCUT2D eigenvalue weighted by Gasteiger charge is -2.43. The summed E-state index contributed by atoms with van der Waals surface area (Å²) in [7, 11) is 0. The van der Waals surface area contributed by atoms with Crippen LogP contribution in [0.15, 0.2) is 60.7 Å². The smallest absolute Gasteiger partial charge is 0.407 e. The highest BCUT2D eigenvalue weighted by atomic mass is 16.6. The van der Waals surface area contributed by atoms with Crippen molar-refractivity contribution in [3.63, 3.8) is 0 Å². The number of amides is 1. The van der Waals surface area contributed by atoms with Gasteiger partial charge in [-0.25, -0.2) is 4.79 Å². The average molecular weight is 476 g/mol. The third kappa shape index (κ3) is 7.57. The van der Waals surface area contributed by atoms with E-state index in [0.29, 0.717) is 6.42 Å². The summed E-state index contributed by atoms with van der Waals surface area (Å²) < 4.78 is 5.54. The number of piperidine rings is 1. The Morgan fingerprint density at radius 1 is 1.09 bits per heavy atom. The zero-order chi connectivity index (χ0) is 25.3. The predicted molar refractivity (Wildman–Crippen MR) is 141 cm³/mol. The van der Waals surface area contributed by atoms with E-state index in [1.54, 1.807) is 0 Å². The number of hydrogen-bond acceptors (Lipinski definition) is 4. The first-order valence-electron chi connectivity index (χ1n) is 13.0. The second kappa shape index (κ2) is 12.2. The summed E-state index contributed by atoms with van der Waals surface area (Å²) in [6, 6.07) is 23.4. The minimum atomic E-state index is -0.658. The summed E-state index contributed by atoms with van der Waals surface area (Å²) >= 11 is 0. The number of nitrogens with one attached hydrogen (secondary N) is 1. The fraction of sp³-hybridized carbons (Fsp3) is 0.533. The van der Waals surface area contributed by atoms with Crippen LogP contribution in [-0.2, 0) is 16.7 Å². The summed E-state index contributed by atoms with van der Waals surface area (Å²) in [6.07, 6.45) is 3.83. The van der Waals surface area contributed by atoms with Crippen molar-refractivity contribution < 1.29 is 9.53 Å². The molecule has 2 unspecified atom stereocenters. The maximum absolute atomic E-state index is 12.6. The van der Waals surface area contributed by atoms with E-state index in [1.807, 2.05) is 39.0 Å². The lowest BCUT2D eigenvalue weighted by molar-refractivity contribution is 0.0485. The number of benzene rings is 2. The standard InChI is InChI=1S/C30H41N3O2/c1-5-12-27(32-28(34)35-29(2,3)4)21-30(23-31,25-15-10-7-11-16-25)26-17-19-33(20-18-26)22-24-13-8-6-9-14-24/h6-11,13-16,26-27H,5,12,17-22H2,1-4H3,(H,32,34). The lowest BCUT2D eigenvalue weighted by atomic mass is 9.64. The number of carbonyl (C=O) groups is 1. The van der Waals surface area contributed by atoms with Crippen molar-refractivity contribution in [3.8, 4) is 6.07 Å². The van der Waals surface area contributed by atoms with E-state index >= 15 is 0 Å². The Labute approximate surface area is 211 Å². The Morgan fingerprint density at radius 3 is 2.23 bits per heavy atom. The van der Waals surface area contributed by atoms with Crippen molar-refractivity contribution in [1.29, 1.82) is 5.26 Å². The van der Waals surface area contributed by atoms with Crippen LogP contribution < -0.4 is 5.32 Å². The molecule has 1 heterocycles. The molecule has 0 spiro atoms. The number of hydrogen-bond donors (Lipinski definition) is 1. The number of likely N-dealkylation sites (tertiary alicyclic amines) is 1. The van der Waals surface area contributed by atoms with Crippen molar-refractivity contribution >= 4 is 6.09 Å². The Hall–Kier alpha value is -2.84. The maximum Gasteiger partial charge on any atom is 0.407 e. The number of alkyl carbamates (subject to hydrolysis) is 1. The van der Waals surface area contributed by atoms with Gasteiger partial charge in [0.2, 0.25) is 0 Å². The van der Waals surface area contributed by atoms with Crippen molar-refractivity contribution in [2.24, 2.45) is 5.92 Å². The summed E-state index contributed by atoms with van der Waals surface area (Å²) in [5.74, 6) is 0.224. The second-order valence-corrected chi connectivity index (χ2v) is 10.8. The molecule has 1 fully saturated rings. The quantitative estimate of drug-likeness (QED) is 0.453. The van der Waals surface area contributed by atoms with Gasteiger partial charge in [-0.05, 0) is 76.6 Å². The van der Waals surface area contributed by atoms with Crippen molar-refractivity contribution in [2.75, 3.05) is 13.1 Å². The molecule has 1 saturated heterocycles. The number of nitriles is 1. The first kappa shape index (κ1) is 26.8. The normalized spacial score (nSPS) is 17.7. The van der Waals surface area contributed by atoms with Crippen LogP contribution in [0.2, 0.25) is 0 Å². The third-order valence-corrected chi connectivity index (χ3v) is 6.95. The molecule has 2 aromatic rings. The van der Waals surface area contributed by atoms with Crippen LogP contribution in [0, 0.1) is 17.2 Å². The summed E-state index contributed by atoms with van der Waals surface area (Å²) in [5, 5.41) is 13.8. The van der Waals surface area contributed by atoms with Gasteiger partial charge in [0.1, 0.15) is 5.60 Å². The van der Waals surface area contributed by atoms with Crippen LogP contribution in [0.1, 0.15) is 70.9 Å². The Balaban J connectivity index is 1.79. The van der Waals surface area contributed by atoms with E-state index in [2.05, 4.69) is 65.7 Å². The molecule has 0 aromatic heterocycles. The molecule has 0 aliphatic carbocycles. The van der Waals surface area contributed by atoms with Crippen molar-refractivity contribution in [2.45, 2.75) is 83.4 Å². The van der Waals surface area contributed by atoms with Crippen LogP contribution in [0.4, 0.5) is 4.79 Å². The molecule has 188 valence electrons. The van der Waals surface area contributed by atoms with Gasteiger partial charge in [-0.2, -0.15) is 5.26 Å². The van der Waals surface area contributed by atoms with Crippen LogP contribution in [0.25, 0.3) is 0 Å². The van der Waals surface area contributed by atoms with E-state index in [-0.39, 0.29) is 12.0 Å². The zero-order valence-corrected chi connectivity index (χ0v) is 21.8. The molecule has 35 heavy (non-hydrogen) atoms. The van der Waals surface area contributed by atoms with Crippen LogP contribution >= 0.6 is 0 Å². The zero-order valence-electron chi connectivity index (χ0n) is 21.8. The van der Waals surface area contributed by atoms with Gasteiger partial charge in [0.05, 0.1) is 11.5 Å². The van der Waals surface area contributed by atoms with E-state index in [4.69, 9.17) is 4.74 Å². The highest BCUT2D eigenvalue weighted by Gasteiger charge is 2.44. The summed E-state index contributed by atoms with van der Waals surface area (Å²) in [4.78, 5) is 15.1. The highest BCUT2D eigenvalue weighted by Crippen LogP contribution is 2.42. The fourth-order valence-corrected chi connectivity index (χ4v) is 5.32. The third-order valence-electron chi connectivity index (χ3n) is 6.95. The van der Waals surface area contributed by atoms with E-state index in [0.717, 1.165) is 50.9 Å². The molecule has 2 atom stereocenters. The summed E-state index contributed by atoms with van der Waals surface area (Å²) in [6.45, 7) is 10.6. The van der Waals surface area contributed by atoms with Crippen LogP contribution in [0.3, 0.4) is 0 Å². The Kier molecular flexibility index (Phi) is 9.34. The Morgan fingerprint density at radius 2 is 1.69 bits per heavy atom. The topological polar surface area (TPSA) is 65.4 Å². The molecule has 0 bridgehead atoms. The van der Waals surface area contributed by atoms with Gasteiger partial charge in [0, 0.05) is 12.6 Å². The molecule has 1 aliphatic heterocycles. The number of carbonyl (C=O) groups excluding carboxylic acids is 1. The van der Waals surface area contributed by atoms with Gasteiger partial charge >= 0.3 is 6.09 Å². The van der Waals surface area contributed by atoms with Crippen LogP contribution in [0.5, 0.6) is 0 Å². The Bertz CT molecular complexity index is 957. The molecular formula is C30H41N3O2. The molecule has 5 nitrogen and oxygen atoms in total. The van der Waals surface area contributed by atoms with Gasteiger partial charge < -0.3 is 10.1 Å². The second-order valence-electron chi connectivity index (χ2n) is 10.8. The molecule has 1 amide bonds. The van der Waals surface area contributed by atoms with Crippen molar-refractivity contribution in [1.82, 2.24) is 10.2 Å². The minimum absolute atomic E-state index is 0.128. The average Bonchev–Trinajstić information content (AvgIpc) is 2.83. The number of rotatable bonds is 9. The predicted octanol–water partition coefficient (Wildman–Crippen LogP) is 6.44. The molecule has 1 aliphatic rings. The van der Waals surface area contributed by atoms with E-state index in [1.165, 1.54) is 5.56 Å². The van der Waals surface area contributed by atoms with Crippen molar-refractivity contribution in [3.05, 3.63) is 71.8 Å². The SMILES string of the molecule is CCCC(CC(C#N)(c1ccccc1)C1CCN(Cc2ccccc2)CC1)NC(=O)OC(C)(C)C. The van der Waals surface area contributed by atoms with Crippen LogP contribution in [-0.4, -0.2) is 35.7 Å². The largest absolute Gasteiger partial charge is 0.444 e. The molecule has 3 rings (SSSR count). The monoisotopic (exact) mass is 475 g/mol. The highest BCUT2D eigenvalue weighted by molar-refractivity contribution is 5.68. The van der Waals surface area contributed by atoms with Gasteiger partial charge in [-0.1, -0.05) is 74.0 Å². The van der Waals surface area contributed by atoms with E-state index in [9.17, 15) is 10.1 Å². The summed E-state index contributed by atoms with van der Waals surface area (Å²) in [5.41, 5.74) is 1.16. The van der Waals surface area contributed by atoms with Gasteiger partial charge in [-0.3, -0.25) is 4.90 Å². The number of ether oxygens (including phenoxy) is 1. The molecule has 0 radical (unpaired) electrons. The van der Waals surface area contributed by atoms with Gasteiger partial charge in [-0.15, -0.1) is 0 Å². The molecule has 2 aromatic carbocycles. The maximum atomic E-state index is 12.6. The lowest BCUT2D eigenvalue weighted by Crippen LogP contribution is -2.48. The fourth-order valence-electron chi connectivity index (χ4n) is 5.32. The number of nitrogens with zero attached hydrogens (tertiary/aromatic N) is 2. The molecule has 1 N–H and O–H groups in total. The first-order chi connectivity index (χ1) is 16.8. The molecular weight excluding hydrogens is 434 g/mol. The molecule has 5 heteroatoms. The minimum Gasteiger partial charge on any atom is -0.444 e. The van der Waals surface area contributed by atoms with E-state index < -0.39 is 17.1 Å². The molecule has 0 saturated carbocycles.